The van der Waals surface area contributed by atoms with Gasteiger partial charge in [0.05, 0.1) is 23.1 Å². The van der Waals surface area contributed by atoms with Gasteiger partial charge in [-0.15, -0.1) is 23.2 Å². The first-order chi connectivity index (χ1) is 18.8. The monoisotopic (exact) mass is 602 g/mol. The van der Waals surface area contributed by atoms with Crippen molar-refractivity contribution in [3.05, 3.63) is 70.3 Å². The first-order valence-corrected chi connectivity index (χ1v) is 13.6. The Kier molecular flexibility index (Phi) is 5.90. The van der Waals surface area contributed by atoms with Crippen LogP contribution in [-0.4, -0.2) is 61.5 Å². The van der Waals surface area contributed by atoms with E-state index in [1.165, 1.54) is 49.5 Å². The highest BCUT2D eigenvalue weighted by atomic mass is 35.5. The number of carbonyl (C=O) groups is 5. The fraction of sp³-hybridized carbons (Fsp3) is 0.321. The summed E-state index contributed by atoms with van der Waals surface area (Å²) in [4.78, 5) is 64.0. The maximum atomic E-state index is 14.0. The highest BCUT2D eigenvalue weighted by Crippen LogP contribution is 2.66. The Morgan fingerprint density at radius 3 is 2.40 bits per heavy atom. The summed E-state index contributed by atoms with van der Waals surface area (Å²) in [6.07, 6.45) is 1.72. The Morgan fingerprint density at radius 2 is 1.73 bits per heavy atom. The number of phenols is 1. The van der Waals surface area contributed by atoms with Crippen LogP contribution in [0.15, 0.2) is 54.1 Å². The van der Waals surface area contributed by atoms with Crippen LogP contribution in [0.25, 0.3) is 0 Å². The lowest BCUT2D eigenvalue weighted by Gasteiger charge is -2.51. The molecule has 12 heteroatoms. The summed E-state index contributed by atoms with van der Waals surface area (Å²) in [6, 6.07) is 9.70. The summed E-state index contributed by atoms with van der Waals surface area (Å²) in [5, 5.41) is 19.5. The number of phenolic OH excluding ortho intramolecular Hbond substituents is 1. The van der Waals surface area contributed by atoms with E-state index in [1.54, 1.807) is 6.08 Å². The number of halogens is 3. The van der Waals surface area contributed by atoms with Crippen LogP contribution in [0.3, 0.4) is 0 Å². The van der Waals surface area contributed by atoms with Crippen molar-refractivity contribution >= 4 is 70.1 Å². The molecule has 0 aromatic heterocycles. The summed E-state index contributed by atoms with van der Waals surface area (Å²) in [7, 11) is 1.29. The summed E-state index contributed by atoms with van der Waals surface area (Å²) >= 11 is 20.7. The molecule has 40 heavy (non-hydrogen) atoms. The summed E-state index contributed by atoms with van der Waals surface area (Å²) in [5.74, 6) is -7.37. The number of fused-ring (bicyclic) bond motifs is 4. The topological polar surface area (TPSA) is 132 Å². The molecule has 4 amide bonds. The molecule has 2 aromatic rings. The lowest BCUT2D eigenvalue weighted by Crippen LogP contribution is -2.60. The minimum absolute atomic E-state index is 0.0865. The van der Waals surface area contributed by atoms with Gasteiger partial charge < -0.3 is 10.2 Å². The van der Waals surface area contributed by atoms with Crippen molar-refractivity contribution < 1.29 is 34.2 Å². The Bertz CT molecular complexity index is 1590. The number of aromatic carboxylic acids is 1. The highest BCUT2D eigenvalue weighted by Gasteiger charge is 2.76. The molecule has 2 heterocycles. The fourth-order valence-electron chi connectivity index (χ4n) is 6.87. The number of allylic oxidation sites excluding steroid dienone is 2. The molecule has 2 aliphatic heterocycles. The van der Waals surface area contributed by atoms with Crippen LogP contribution in [0, 0.1) is 17.8 Å². The third-order valence-electron chi connectivity index (χ3n) is 8.66. The number of alkyl halides is 2. The van der Waals surface area contributed by atoms with Gasteiger partial charge in [-0.25, -0.2) is 4.79 Å². The number of carboxylic acid groups (broad SMARTS) is 1. The number of anilines is 1. The van der Waals surface area contributed by atoms with E-state index in [1.807, 2.05) is 0 Å². The molecular formula is C28H21Cl3N2O7. The van der Waals surface area contributed by atoms with E-state index in [0.29, 0.717) is 11.1 Å². The fourth-order valence-corrected chi connectivity index (χ4v) is 8.17. The quantitative estimate of drug-likeness (QED) is 0.309. The number of carbonyl (C=O) groups excluding carboxylic acids is 4. The van der Waals surface area contributed by atoms with Gasteiger partial charge in [0.2, 0.25) is 11.8 Å². The van der Waals surface area contributed by atoms with Gasteiger partial charge in [0.15, 0.2) is 9.75 Å². The average Bonchev–Trinajstić information content (AvgIpc) is 3.24. The van der Waals surface area contributed by atoms with Crippen LogP contribution in [0.5, 0.6) is 5.75 Å². The van der Waals surface area contributed by atoms with Crippen LogP contribution in [0.4, 0.5) is 5.69 Å². The first-order valence-electron chi connectivity index (χ1n) is 12.4. The number of carboxylic acids is 1. The van der Waals surface area contributed by atoms with Crippen molar-refractivity contribution in [3.8, 4) is 5.75 Å². The standard InChI is InChI=1S/C28H21Cl3N2O7/c1-32-25(39)27(30)11-18-15(21(28(27,31)26(32)40)16-6-5-14(34)10-19(16)29)7-8-17-20(18)23(36)33(22(17)35)13-4-2-3-12(9-13)24(37)38/h2-7,9-10,17-18,20-21,34H,8,11H2,1H3,(H,37,38). The minimum Gasteiger partial charge on any atom is -0.508 e. The normalized spacial score (nSPS) is 33.0. The van der Waals surface area contributed by atoms with Crippen molar-refractivity contribution in [1.82, 2.24) is 4.90 Å². The number of hydrogen-bond acceptors (Lipinski definition) is 6. The van der Waals surface area contributed by atoms with Crippen molar-refractivity contribution in [2.45, 2.75) is 28.5 Å². The van der Waals surface area contributed by atoms with Gasteiger partial charge >= 0.3 is 5.97 Å². The summed E-state index contributed by atoms with van der Waals surface area (Å²) < 4.78 is 0. The van der Waals surface area contributed by atoms with Gasteiger partial charge in [0.25, 0.3) is 11.8 Å². The predicted octanol–water partition coefficient (Wildman–Crippen LogP) is 3.94. The molecule has 4 aliphatic rings. The molecule has 2 N–H and O–H groups in total. The number of benzene rings is 2. The molecule has 9 nitrogen and oxygen atoms in total. The molecule has 2 saturated heterocycles. The molecule has 1 saturated carbocycles. The number of rotatable bonds is 3. The third-order valence-corrected chi connectivity index (χ3v) is 10.4. The number of nitrogens with zero attached hydrogens (tertiary/aromatic N) is 2. The zero-order valence-electron chi connectivity index (χ0n) is 20.8. The largest absolute Gasteiger partial charge is 0.508 e. The summed E-state index contributed by atoms with van der Waals surface area (Å²) in [6.45, 7) is 0. The van der Waals surface area contributed by atoms with Gasteiger partial charge in [0, 0.05) is 18.0 Å². The predicted molar refractivity (Wildman–Crippen MR) is 144 cm³/mol. The van der Waals surface area contributed by atoms with E-state index < -0.39 is 63.0 Å². The van der Waals surface area contributed by atoms with Crippen molar-refractivity contribution in [2.75, 3.05) is 11.9 Å². The number of imide groups is 2. The Morgan fingerprint density at radius 1 is 1.00 bits per heavy atom. The highest BCUT2D eigenvalue weighted by molar-refractivity contribution is 6.53. The van der Waals surface area contributed by atoms with Crippen molar-refractivity contribution in [3.63, 3.8) is 0 Å². The SMILES string of the molecule is CN1C(=O)C2(Cl)CC3C(=CCC4C(=O)N(c5cccc(C(=O)O)c5)C(=O)C43)C(c3ccc(O)cc3Cl)C2(Cl)C1=O. The number of aromatic hydroxyl groups is 1. The second-order valence-electron chi connectivity index (χ2n) is 10.6. The van der Waals surface area contributed by atoms with Gasteiger partial charge in [-0.1, -0.05) is 35.4 Å². The lowest BCUT2D eigenvalue weighted by atomic mass is 9.56. The lowest BCUT2D eigenvalue weighted by molar-refractivity contribution is -0.138. The molecule has 2 aliphatic carbocycles. The maximum absolute atomic E-state index is 14.0. The minimum atomic E-state index is -1.99. The molecule has 0 spiro atoms. The van der Waals surface area contributed by atoms with Crippen LogP contribution >= 0.6 is 34.8 Å². The number of amides is 4. The summed E-state index contributed by atoms with van der Waals surface area (Å²) in [5.41, 5.74) is 0.933. The zero-order valence-corrected chi connectivity index (χ0v) is 23.1. The average molecular weight is 604 g/mol. The van der Waals surface area contributed by atoms with E-state index in [0.717, 1.165) is 9.80 Å². The van der Waals surface area contributed by atoms with Crippen molar-refractivity contribution in [1.29, 1.82) is 0 Å². The van der Waals surface area contributed by atoms with Gasteiger partial charge in [-0.05, 0) is 54.7 Å². The van der Waals surface area contributed by atoms with Gasteiger partial charge in [-0.2, -0.15) is 0 Å². The molecule has 3 fully saturated rings. The molecule has 6 rings (SSSR count). The molecular weight excluding hydrogens is 583 g/mol. The molecule has 0 radical (unpaired) electrons. The van der Waals surface area contributed by atoms with Crippen LogP contribution in [-0.2, 0) is 19.2 Å². The molecule has 0 bridgehead atoms. The second kappa shape index (κ2) is 8.80. The number of hydrogen-bond donors (Lipinski definition) is 2. The molecule has 206 valence electrons. The van der Waals surface area contributed by atoms with E-state index in [-0.39, 0.29) is 34.9 Å². The zero-order chi connectivity index (χ0) is 28.9. The van der Waals surface area contributed by atoms with E-state index in [2.05, 4.69) is 0 Å². The maximum Gasteiger partial charge on any atom is 0.335 e. The van der Waals surface area contributed by atoms with Crippen molar-refractivity contribution in [2.24, 2.45) is 17.8 Å². The van der Waals surface area contributed by atoms with E-state index in [4.69, 9.17) is 34.8 Å². The Balaban J connectivity index is 1.51. The van der Waals surface area contributed by atoms with E-state index >= 15 is 0 Å². The van der Waals surface area contributed by atoms with Gasteiger partial charge in [-0.3, -0.25) is 29.0 Å². The molecule has 6 unspecified atom stereocenters. The number of likely N-dealkylation sites (tertiary alicyclic amines) is 1. The third kappa shape index (κ3) is 3.31. The van der Waals surface area contributed by atoms with Gasteiger partial charge in [0.1, 0.15) is 5.75 Å². The second-order valence-corrected chi connectivity index (χ2v) is 12.2. The molecule has 2 aromatic carbocycles. The molecule has 6 atom stereocenters. The van der Waals surface area contributed by atoms with Crippen LogP contribution < -0.4 is 4.90 Å². The van der Waals surface area contributed by atoms with E-state index in [9.17, 15) is 34.2 Å². The smallest absolute Gasteiger partial charge is 0.335 e. The van der Waals surface area contributed by atoms with Crippen LogP contribution in [0.2, 0.25) is 5.02 Å². The first kappa shape index (κ1) is 26.8. The Hall–Kier alpha value is -3.40. The van der Waals surface area contributed by atoms with Crippen LogP contribution in [0.1, 0.15) is 34.7 Å². The Labute approximate surface area is 242 Å².